The second kappa shape index (κ2) is 10.7. The van der Waals surface area contributed by atoms with Gasteiger partial charge in [-0.25, -0.2) is 11.0 Å². The first-order valence-electron chi connectivity index (χ1n) is 14.6. The zero-order chi connectivity index (χ0) is 27.2. The largest absolute Gasteiger partial charge is 0.458 e. The molecule has 3 aromatic rings. The van der Waals surface area contributed by atoms with Crippen molar-refractivity contribution in [2.24, 2.45) is 5.92 Å². The molecule has 0 amide bonds. The van der Waals surface area contributed by atoms with Gasteiger partial charge in [0, 0.05) is 48.2 Å². The monoisotopic (exact) mass is 560 g/mol. The van der Waals surface area contributed by atoms with Crippen LogP contribution in [0.25, 0.3) is 15.6 Å². The van der Waals surface area contributed by atoms with Gasteiger partial charge in [0.2, 0.25) is 6.54 Å². The highest BCUT2D eigenvalue weighted by Crippen LogP contribution is 2.39. The van der Waals surface area contributed by atoms with Gasteiger partial charge in [-0.1, -0.05) is 29.8 Å². The van der Waals surface area contributed by atoms with Crippen LogP contribution < -0.4 is 14.5 Å². The summed E-state index contributed by atoms with van der Waals surface area (Å²) < 4.78 is 21.0. The van der Waals surface area contributed by atoms with Gasteiger partial charge in [-0.15, -0.1) is 0 Å². The van der Waals surface area contributed by atoms with Crippen LogP contribution in [0.3, 0.4) is 0 Å². The fourth-order valence-electron chi connectivity index (χ4n) is 6.81. The molecule has 1 saturated carbocycles. The van der Waals surface area contributed by atoms with Crippen LogP contribution in [-0.4, -0.2) is 66.3 Å². The minimum atomic E-state index is -0.407. The van der Waals surface area contributed by atoms with E-state index >= 15 is 0 Å². The summed E-state index contributed by atoms with van der Waals surface area (Å²) >= 11 is 6.50. The van der Waals surface area contributed by atoms with Gasteiger partial charge in [-0.3, -0.25) is 4.90 Å². The number of halogens is 2. The first kappa shape index (κ1) is 25.8. The minimum absolute atomic E-state index is 0.127. The van der Waals surface area contributed by atoms with Crippen LogP contribution in [0, 0.1) is 18.3 Å². The Kier molecular flexibility index (Phi) is 6.89. The molecule has 3 fully saturated rings. The first-order chi connectivity index (χ1) is 19.6. The van der Waals surface area contributed by atoms with Crippen molar-refractivity contribution in [2.75, 3.05) is 49.1 Å². The van der Waals surface area contributed by atoms with Crippen molar-refractivity contribution >= 4 is 33.9 Å². The Labute approximate surface area is 239 Å². The van der Waals surface area contributed by atoms with Crippen LogP contribution in [0.1, 0.15) is 43.4 Å². The highest BCUT2D eigenvalue weighted by molar-refractivity contribution is 6.36. The summed E-state index contributed by atoms with van der Waals surface area (Å²) in [5, 5.41) is 1.82. The average molecular weight is 561 g/mol. The van der Waals surface area contributed by atoms with Crippen LogP contribution >= 0.6 is 11.6 Å². The number of hydrogen-bond donors (Lipinski definition) is 0. The van der Waals surface area contributed by atoms with Crippen LogP contribution in [0.2, 0.25) is 5.02 Å². The molecule has 3 aliphatic heterocycles. The van der Waals surface area contributed by atoms with Gasteiger partial charge in [-0.05, 0) is 69.1 Å². The molecule has 0 radical (unpaired) electrons. The normalized spacial score (nSPS) is 24.7. The molecule has 2 saturated heterocycles. The third-order valence-electron chi connectivity index (χ3n) is 9.24. The van der Waals surface area contributed by atoms with Crippen molar-refractivity contribution in [2.45, 2.75) is 57.2 Å². The second-order valence-electron chi connectivity index (χ2n) is 11.6. The molecule has 1 aromatic heterocycles. The van der Waals surface area contributed by atoms with Gasteiger partial charge in [-0.2, -0.15) is 9.97 Å². The third-order valence-corrected chi connectivity index (χ3v) is 9.61. The van der Waals surface area contributed by atoms with Gasteiger partial charge >= 0.3 is 6.01 Å². The number of fused-ring (bicyclic) bond motifs is 2. The van der Waals surface area contributed by atoms with Crippen molar-refractivity contribution in [3.63, 3.8) is 0 Å². The number of rotatable bonds is 6. The lowest BCUT2D eigenvalue weighted by molar-refractivity contribution is -0.0362. The zero-order valence-electron chi connectivity index (χ0n) is 22.7. The molecule has 2 aromatic carbocycles. The van der Waals surface area contributed by atoms with E-state index in [2.05, 4.69) is 19.5 Å². The fourth-order valence-corrected chi connectivity index (χ4v) is 7.08. The molecule has 4 heterocycles. The van der Waals surface area contributed by atoms with E-state index in [1.54, 1.807) is 6.07 Å². The minimum Gasteiger partial charge on any atom is -0.458 e. The Balaban J connectivity index is 1.23. The summed E-state index contributed by atoms with van der Waals surface area (Å²) in [4.78, 5) is 20.9. The molecular weight excluding hydrogens is 527 g/mol. The van der Waals surface area contributed by atoms with E-state index in [1.807, 2.05) is 18.2 Å². The van der Waals surface area contributed by atoms with Crippen molar-refractivity contribution in [1.82, 2.24) is 14.9 Å². The van der Waals surface area contributed by atoms with Crippen molar-refractivity contribution in [3.8, 4) is 6.01 Å². The molecule has 7 nitrogen and oxygen atoms in total. The van der Waals surface area contributed by atoms with Crippen molar-refractivity contribution in [3.05, 3.63) is 63.8 Å². The molecule has 0 N–H and O–H groups in total. The quantitative estimate of drug-likeness (QED) is 0.359. The highest BCUT2D eigenvalue weighted by Gasteiger charge is 2.40. The third kappa shape index (κ3) is 4.63. The van der Waals surface area contributed by atoms with E-state index < -0.39 is 5.82 Å². The molecule has 4 aliphatic rings. The van der Waals surface area contributed by atoms with Gasteiger partial charge in [0.15, 0.2) is 0 Å². The molecule has 208 valence electrons. The number of benzene rings is 2. The molecule has 7 rings (SSSR count). The van der Waals surface area contributed by atoms with Gasteiger partial charge < -0.3 is 19.4 Å². The molecule has 2 unspecified atom stereocenters. The standard InChI is InChI=1S/C31H34ClFN6O/c1-34-17-20-5-3-13-39(18-20)30-22-12-16-38(26-7-2-6-21-8-9-23(33)29(32)28(21)26)19-24(22)35-31(36-30)40-27-11-10-25(27)37-14-4-15-37/h2,6-9,20,25,27H,3-5,10-19H2/t20-,25?,27?/m0/s1. The fraction of sp³-hybridized carbons (Fsp3) is 0.516. The topological polar surface area (TPSA) is 49.1 Å². The maximum atomic E-state index is 14.5. The summed E-state index contributed by atoms with van der Waals surface area (Å²) in [5.41, 5.74) is 3.04. The van der Waals surface area contributed by atoms with Gasteiger partial charge in [0.25, 0.3) is 0 Å². The lowest BCUT2D eigenvalue weighted by atomic mass is 9.86. The van der Waals surface area contributed by atoms with Crippen molar-refractivity contribution in [1.29, 1.82) is 0 Å². The Hall–Kier alpha value is -3.15. The van der Waals surface area contributed by atoms with Crippen LogP contribution in [-0.2, 0) is 13.0 Å². The van der Waals surface area contributed by atoms with Crippen molar-refractivity contribution < 1.29 is 9.13 Å². The Bertz CT molecular complexity index is 1470. The molecule has 40 heavy (non-hydrogen) atoms. The van der Waals surface area contributed by atoms with Gasteiger partial charge in [0.05, 0.1) is 17.3 Å². The van der Waals surface area contributed by atoms with Crippen LogP contribution in [0.15, 0.2) is 30.3 Å². The number of nitrogens with zero attached hydrogens (tertiary/aromatic N) is 6. The molecule has 3 atom stereocenters. The smallest absolute Gasteiger partial charge is 0.319 e. The van der Waals surface area contributed by atoms with Crippen LogP contribution in [0.4, 0.5) is 15.9 Å². The Morgan fingerprint density at radius 2 is 1.93 bits per heavy atom. The molecule has 0 spiro atoms. The second-order valence-corrected chi connectivity index (χ2v) is 12.0. The summed E-state index contributed by atoms with van der Waals surface area (Å²) in [6.07, 6.45) is 6.50. The Morgan fingerprint density at radius 1 is 1.02 bits per heavy atom. The van der Waals surface area contributed by atoms with E-state index in [0.29, 0.717) is 31.1 Å². The predicted octanol–water partition coefficient (Wildman–Crippen LogP) is 5.74. The molecular formula is C31H34ClFN6O. The van der Waals surface area contributed by atoms with E-state index in [9.17, 15) is 4.39 Å². The maximum Gasteiger partial charge on any atom is 0.319 e. The molecule has 0 bridgehead atoms. The number of likely N-dealkylation sites (tertiary alicyclic amines) is 1. The Morgan fingerprint density at radius 3 is 2.70 bits per heavy atom. The number of hydrogen-bond acceptors (Lipinski definition) is 6. The lowest BCUT2D eigenvalue weighted by Crippen LogP contribution is -2.57. The molecule has 1 aliphatic carbocycles. The summed E-state index contributed by atoms with van der Waals surface area (Å²) in [6, 6.07) is 10.1. The van der Waals surface area contributed by atoms with Crippen LogP contribution in [0.5, 0.6) is 6.01 Å². The first-order valence-corrected chi connectivity index (χ1v) is 15.0. The predicted molar refractivity (Wildman–Crippen MR) is 156 cm³/mol. The number of piperidine rings is 1. The summed E-state index contributed by atoms with van der Waals surface area (Å²) in [7, 11) is 0. The van der Waals surface area contributed by atoms with Gasteiger partial charge in [0.1, 0.15) is 17.7 Å². The summed E-state index contributed by atoms with van der Waals surface area (Å²) in [6.45, 7) is 13.3. The van der Waals surface area contributed by atoms with E-state index in [-0.39, 0.29) is 11.1 Å². The maximum absolute atomic E-state index is 14.5. The van der Waals surface area contributed by atoms with E-state index in [4.69, 9.17) is 32.9 Å². The van der Waals surface area contributed by atoms with E-state index in [1.165, 1.54) is 18.9 Å². The number of ether oxygens (including phenoxy) is 1. The highest BCUT2D eigenvalue weighted by atomic mass is 35.5. The summed E-state index contributed by atoms with van der Waals surface area (Å²) in [5.74, 6) is 0.920. The molecule has 9 heteroatoms. The number of aromatic nitrogens is 2. The number of anilines is 2. The van der Waals surface area contributed by atoms with E-state index in [0.717, 1.165) is 91.9 Å². The SMILES string of the molecule is [C-]#[N+]C[C@@H]1CCCN(c2nc(OC3CCC3N3CCC3)nc3c2CCN(c2cccc4ccc(F)c(Cl)c24)C3)C1. The zero-order valence-corrected chi connectivity index (χ0v) is 23.4. The lowest BCUT2D eigenvalue weighted by Gasteiger charge is -2.47. The average Bonchev–Trinajstić information content (AvgIpc) is 2.94.